The molecule has 1 aliphatic heterocycles. The Labute approximate surface area is 557 Å². The van der Waals surface area contributed by atoms with Crippen LogP contribution in [0.3, 0.4) is 0 Å². The molecule has 0 amide bonds. The molecule has 490 valence electrons. The summed E-state index contributed by atoms with van der Waals surface area (Å²) < 4.78 is 37.3. The molecule has 0 atom stereocenters. The number of ether oxygens (including phenoxy) is 5. The maximum Gasteiger partial charge on any atom is 0.494 e. The molecule has 2 N–H and O–H groups in total. The van der Waals surface area contributed by atoms with Crippen LogP contribution in [-0.4, -0.2) is 141 Å². The maximum absolute atomic E-state index is 11.8. The van der Waals surface area contributed by atoms with Gasteiger partial charge in [-0.25, -0.2) is 53.9 Å². The Bertz CT molecular complexity index is 3900. The van der Waals surface area contributed by atoms with Gasteiger partial charge in [-0.05, 0) is 187 Å². The number of carboxylic acid groups (broad SMARTS) is 2. The average Bonchev–Trinajstić information content (AvgIpc) is 1.65. The number of aromatic nitrogens is 6. The van der Waals surface area contributed by atoms with E-state index < -0.39 is 42.2 Å². The Kier molecular flexibility index (Phi) is 31.1. The molecule has 4 heterocycles. The quantitative estimate of drug-likeness (QED) is 0.0338. The predicted octanol–water partition coefficient (Wildman–Crippen LogP) is 8.61. The van der Waals surface area contributed by atoms with Gasteiger partial charge in [0.25, 0.3) is 12.9 Å². The van der Waals surface area contributed by atoms with Gasteiger partial charge in [-0.15, -0.1) is 0 Å². The van der Waals surface area contributed by atoms with E-state index >= 15 is 0 Å². The molecule has 1 aliphatic rings. The SMILES string of the molecule is Brc1cnc(Br)nc1.COC(=O)c1cc(C)cc(-c2cnc(-c3cc(C)cc(C(=O)OC)c3)nc2)c1.COC(=O)c1cc(C)cc(B2OC(C)(C)C(C)(C)O2)c1.O=C=O.O=C=O.O=C=O.O=COc1cc(C(=O)O)cc(-c2cnc(-c3cc(OC=O)cc(C(=O)O)c3)nc2)c1. The van der Waals surface area contributed by atoms with Crippen molar-refractivity contribution in [1.29, 1.82) is 0 Å². The number of carbonyl (C=O) groups excluding carboxylic acids is 11. The molecule has 28 nitrogen and oxygen atoms in total. The summed E-state index contributed by atoms with van der Waals surface area (Å²) >= 11 is 6.30. The number of benzene rings is 5. The van der Waals surface area contributed by atoms with Crippen molar-refractivity contribution < 1.29 is 106 Å². The first-order chi connectivity index (χ1) is 45.0. The van der Waals surface area contributed by atoms with E-state index in [1.807, 2.05) is 66.7 Å². The smallest absolute Gasteiger partial charge is 0.478 e. The van der Waals surface area contributed by atoms with Crippen molar-refractivity contribution in [3.05, 3.63) is 182 Å². The van der Waals surface area contributed by atoms with Crippen LogP contribution in [0.15, 0.2) is 137 Å². The van der Waals surface area contributed by atoms with E-state index in [9.17, 15) is 43.8 Å². The zero-order valence-corrected chi connectivity index (χ0v) is 55.0. The predicted molar refractivity (Wildman–Crippen MR) is 336 cm³/mol. The molecule has 95 heavy (non-hydrogen) atoms. The molecule has 0 aliphatic carbocycles. The highest BCUT2D eigenvalue weighted by atomic mass is 79.9. The number of hydrogen-bond acceptors (Lipinski definition) is 26. The Morgan fingerprint density at radius 1 is 0.442 bits per heavy atom. The number of carboxylic acids is 2. The summed E-state index contributed by atoms with van der Waals surface area (Å²) in [5, 5.41) is 18.4. The zero-order valence-electron chi connectivity index (χ0n) is 51.9. The minimum absolute atomic E-state index is 0.0115. The van der Waals surface area contributed by atoms with Crippen LogP contribution < -0.4 is 14.9 Å². The van der Waals surface area contributed by atoms with Gasteiger partial charge in [0.05, 0.1) is 64.8 Å². The number of nitrogens with zero attached hydrogens (tertiary/aromatic N) is 6. The summed E-state index contributed by atoms with van der Waals surface area (Å²) in [6, 6.07) is 24.3. The highest BCUT2D eigenvalue weighted by Gasteiger charge is 2.51. The maximum atomic E-state index is 11.8. The Morgan fingerprint density at radius 2 is 0.758 bits per heavy atom. The van der Waals surface area contributed by atoms with E-state index in [0.717, 1.165) is 43.3 Å². The largest absolute Gasteiger partial charge is 0.494 e. The summed E-state index contributed by atoms with van der Waals surface area (Å²) in [6.45, 7) is 14.1. The number of carbonyl (C=O) groups is 7. The number of methoxy groups -OCH3 is 3. The van der Waals surface area contributed by atoms with Crippen molar-refractivity contribution in [2.75, 3.05) is 21.3 Å². The van der Waals surface area contributed by atoms with E-state index in [2.05, 4.69) is 61.8 Å². The van der Waals surface area contributed by atoms with Crippen LogP contribution in [0.4, 0.5) is 0 Å². The second-order valence-electron chi connectivity index (χ2n) is 19.9. The highest BCUT2D eigenvalue weighted by molar-refractivity contribution is 9.10. The number of aromatic carboxylic acids is 2. The molecule has 1 saturated heterocycles. The van der Waals surface area contributed by atoms with Crippen LogP contribution in [0.2, 0.25) is 0 Å². The van der Waals surface area contributed by atoms with Crippen molar-refractivity contribution in [1.82, 2.24) is 29.9 Å². The molecule has 0 unspecified atom stereocenters. The van der Waals surface area contributed by atoms with Gasteiger partial charge < -0.3 is 43.2 Å². The van der Waals surface area contributed by atoms with Crippen LogP contribution in [0.5, 0.6) is 11.5 Å². The fourth-order valence-corrected chi connectivity index (χ4v) is 8.44. The third-order valence-electron chi connectivity index (χ3n) is 12.8. The highest BCUT2D eigenvalue weighted by Crippen LogP contribution is 2.37. The molecule has 0 bridgehead atoms. The molecular formula is C64H55BBr2N6O22. The van der Waals surface area contributed by atoms with E-state index in [0.29, 0.717) is 43.9 Å². The molecule has 0 spiro atoms. The number of rotatable bonds is 14. The van der Waals surface area contributed by atoms with Gasteiger partial charge in [0.1, 0.15) is 11.5 Å². The lowest BCUT2D eigenvalue weighted by molar-refractivity contribution is -0.193. The fourth-order valence-electron chi connectivity index (χ4n) is 8.03. The van der Waals surface area contributed by atoms with Gasteiger partial charge in [-0.2, -0.15) is 28.8 Å². The summed E-state index contributed by atoms with van der Waals surface area (Å²) in [4.78, 5) is 153. The molecule has 0 saturated carbocycles. The zero-order chi connectivity index (χ0) is 71.2. The lowest BCUT2D eigenvalue weighted by Gasteiger charge is -2.32. The van der Waals surface area contributed by atoms with Gasteiger partial charge in [0, 0.05) is 59.4 Å². The van der Waals surface area contributed by atoms with Crippen molar-refractivity contribution in [3.63, 3.8) is 0 Å². The minimum Gasteiger partial charge on any atom is -0.478 e. The van der Waals surface area contributed by atoms with Crippen molar-refractivity contribution in [3.8, 4) is 56.5 Å². The number of esters is 3. The topological polar surface area (TPSA) is 404 Å². The van der Waals surface area contributed by atoms with Crippen LogP contribution in [0.1, 0.15) is 96.2 Å². The van der Waals surface area contributed by atoms with Crippen molar-refractivity contribution >= 4 is 106 Å². The molecule has 9 rings (SSSR count). The fraction of sp³-hybridized carbons (Fsp3) is 0.188. The Morgan fingerprint density at radius 3 is 1.13 bits per heavy atom. The molecule has 0 radical (unpaired) electrons. The Balaban J connectivity index is 0.000000334. The first kappa shape index (κ1) is 78.0. The Hall–Kier alpha value is -11.3. The van der Waals surface area contributed by atoms with Crippen LogP contribution in [0, 0.1) is 20.8 Å². The van der Waals surface area contributed by atoms with Gasteiger partial charge >= 0.3 is 55.4 Å². The lowest BCUT2D eigenvalue weighted by atomic mass is 9.77. The van der Waals surface area contributed by atoms with Gasteiger partial charge in [-0.1, -0.05) is 17.7 Å². The van der Waals surface area contributed by atoms with Crippen molar-refractivity contribution in [2.24, 2.45) is 0 Å². The summed E-state index contributed by atoms with van der Waals surface area (Å²) in [6.07, 6.45) is 10.3. The number of halogens is 2. The van der Waals surface area contributed by atoms with Gasteiger partial charge in [0.15, 0.2) is 16.4 Å². The van der Waals surface area contributed by atoms with E-state index in [1.54, 1.807) is 61.2 Å². The lowest BCUT2D eigenvalue weighted by Crippen LogP contribution is -2.41. The van der Waals surface area contributed by atoms with Gasteiger partial charge in [-0.3, -0.25) is 9.59 Å². The molecule has 3 aromatic heterocycles. The van der Waals surface area contributed by atoms with E-state index in [4.69, 9.17) is 61.8 Å². The molecule has 8 aromatic rings. The van der Waals surface area contributed by atoms with Crippen LogP contribution in [0.25, 0.3) is 45.0 Å². The van der Waals surface area contributed by atoms with Crippen molar-refractivity contribution in [2.45, 2.75) is 59.7 Å². The van der Waals surface area contributed by atoms with E-state index in [-0.39, 0.29) is 65.8 Å². The average molecular weight is 1430 g/mol. The third kappa shape index (κ3) is 24.0. The van der Waals surface area contributed by atoms with E-state index in [1.165, 1.54) is 70.1 Å². The second kappa shape index (κ2) is 37.9. The van der Waals surface area contributed by atoms with Gasteiger partial charge in [0.2, 0.25) is 0 Å². The normalized spacial score (nSPS) is 11.5. The number of aryl methyl sites for hydroxylation is 3. The minimum atomic E-state index is -1.22. The molecule has 1 fully saturated rings. The molecular weight excluding hydrogens is 1380 g/mol. The first-order valence-electron chi connectivity index (χ1n) is 26.7. The standard InChI is InChI=1S/C22H20N2O4.C20H12N2O8.C15H21BO4.C4H2Br2N2.3CO2/c1-13-5-15(9-17(7-13)21(25)27-3)19-11-23-20(24-12-19)16-6-14(2)8-18(10-16)22(26)28-4;23-9-29-16-3-11(1-13(5-16)19(25)26)15-7-21-18(22-8-15)12-2-14(20(27)28)6-17(4-12)30-10-24;1-10-7-11(13(17)18-6)9-12(8-10)16-19-14(2,3)15(4,5)20-16;5-3-1-7-4(6)8-2-3;3*2-1-3/h5-12H,1-4H3;1-10H,(H,25,26)(H,27,28);7-9H,1-6H3;1-2H;;;. The second-order valence-corrected chi connectivity index (χ2v) is 21.5. The first-order valence-corrected chi connectivity index (χ1v) is 28.3. The summed E-state index contributed by atoms with van der Waals surface area (Å²) in [5.74, 6) is -2.89. The molecule has 5 aromatic carbocycles. The monoisotopic (exact) mass is 1430 g/mol. The number of hydrogen-bond donors (Lipinski definition) is 2. The van der Waals surface area contributed by atoms with Crippen LogP contribution >= 0.6 is 31.9 Å². The summed E-state index contributed by atoms with van der Waals surface area (Å²) in [5.41, 5.74) is 7.52. The summed E-state index contributed by atoms with van der Waals surface area (Å²) in [7, 11) is 3.61. The third-order valence-corrected chi connectivity index (χ3v) is 13.6. The van der Waals surface area contributed by atoms with Crippen LogP contribution in [-0.2, 0) is 61.9 Å². The molecule has 31 heteroatoms.